The fourth-order valence-electron chi connectivity index (χ4n) is 0.577. The third-order valence-electron chi connectivity index (χ3n) is 1.16. The highest BCUT2D eigenvalue weighted by atomic mass is 79.9. The van der Waals surface area contributed by atoms with Gasteiger partial charge in [0, 0.05) is 10.0 Å². The molecule has 4 heteroatoms. The molecule has 0 unspecified atom stereocenters. The number of carbonyl (C=O) groups excluding carboxylic acids is 1. The first kappa shape index (κ1) is 12.4. The second-order valence-corrected chi connectivity index (χ2v) is 3.08. The number of aldehydes is 1. The van der Waals surface area contributed by atoms with Gasteiger partial charge in [-0.3, -0.25) is 4.79 Å². The van der Waals surface area contributed by atoms with Crippen molar-refractivity contribution in [3.05, 3.63) is 34.3 Å². The quantitative estimate of drug-likeness (QED) is 0.720. The van der Waals surface area contributed by atoms with Crippen LogP contribution in [0.3, 0.4) is 0 Å². The van der Waals surface area contributed by atoms with E-state index in [2.05, 4.69) is 15.9 Å². The summed E-state index contributed by atoms with van der Waals surface area (Å²) in [4.78, 5) is 10.1. The van der Waals surface area contributed by atoms with Crippen molar-refractivity contribution in [1.29, 1.82) is 10.5 Å². The van der Waals surface area contributed by atoms with Gasteiger partial charge in [0.15, 0.2) is 0 Å². The minimum Gasteiger partial charge on any atom is -0.298 e. The maximum Gasteiger partial charge on any atom is 0.150 e. The van der Waals surface area contributed by atoms with Crippen molar-refractivity contribution in [3.63, 3.8) is 0 Å². The van der Waals surface area contributed by atoms with Gasteiger partial charge >= 0.3 is 0 Å². The summed E-state index contributed by atoms with van der Waals surface area (Å²) in [7, 11) is 0. The number of rotatable bonds is 1. The molecule has 1 aromatic carbocycles. The number of hydrogen-bond acceptors (Lipinski definition) is 3. The van der Waals surface area contributed by atoms with E-state index in [1.165, 1.54) is 0 Å². The Hall–Kier alpha value is -1.65. The van der Waals surface area contributed by atoms with Gasteiger partial charge in [-0.2, -0.15) is 10.5 Å². The third-order valence-corrected chi connectivity index (χ3v) is 1.69. The Balaban J connectivity index is 0.000000292. The molecule has 0 fully saturated rings. The number of carbonyl (C=O) groups is 1. The van der Waals surface area contributed by atoms with Crippen molar-refractivity contribution in [2.24, 2.45) is 0 Å². The van der Waals surface area contributed by atoms with Crippen LogP contribution in [0, 0.1) is 22.7 Å². The zero-order valence-corrected chi connectivity index (χ0v) is 8.86. The molecule has 0 saturated heterocycles. The van der Waals surface area contributed by atoms with Crippen molar-refractivity contribution in [2.45, 2.75) is 6.42 Å². The van der Waals surface area contributed by atoms with Crippen LogP contribution in [0.15, 0.2) is 28.7 Å². The molecule has 0 heterocycles. The zero-order chi connectivity index (χ0) is 10.8. The van der Waals surface area contributed by atoms with E-state index in [4.69, 9.17) is 10.5 Å². The second-order valence-electron chi connectivity index (χ2n) is 2.16. The number of benzene rings is 1. The lowest BCUT2D eigenvalue weighted by atomic mass is 10.2. The lowest BCUT2D eigenvalue weighted by molar-refractivity contribution is 0.112. The number of halogens is 1. The summed E-state index contributed by atoms with van der Waals surface area (Å²) in [6.45, 7) is 0. The zero-order valence-electron chi connectivity index (χ0n) is 7.27. The molecule has 0 radical (unpaired) electrons. The summed E-state index contributed by atoms with van der Waals surface area (Å²) in [5.74, 6) is 0. The summed E-state index contributed by atoms with van der Waals surface area (Å²) in [6.07, 6.45) is 0.826. The molecule has 0 N–H and O–H groups in total. The van der Waals surface area contributed by atoms with Crippen LogP contribution in [-0.2, 0) is 0 Å². The Labute approximate surface area is 90.7 Å². The number of hydrogen-bond donors (Lipinski definition) is 0. The Bertz CT molecular complexity index is 347. The van der Waals surface area contributed by atoms with E-state index < -0.39 is 0 Å². The molecular formula is C10H7BrN2O. The number of nitrogens with zero attached hydrogens (tertiary/aromatic N) is 2. The summed E-state index contributed by atoms with van der Waals surface area (Å²) in [5.41, 5.74) is 0.707. The Morgan fingerprint density at radius 3 is 2.00 bits per heavy atom. The molecule has 0 aliphatic rings. The van der Waals surface area contributed by atoms with Crippen LogP contribution in [0.4, 0.5) is 0 Å². The standard InChI is InChI=1S/C7H5BrO.C3H2N2/c8-7-3-1-6(5-9)2-4-7;4-2-1-3-5/h1-5H;1H2. The summed E-state index contributed by atoms with van der Waals surface area (Å²) < 4.78 is 0.994. The van der Waals surface area contributed by atoms with Crippen molar-refractivity contribution in [2.75, 3.05) is 0 Å². The molecule has 14 heavy (non-hydrogen) atoms. The van der Waals surface area contributed by atoms with Crippen LogP contribution >= 0.6 is 15.9 Å². The highest BCUT2D eigenvalue weighted by Gasteiger charge is 1.86. The van der Waals surface area contributed by atoms with E-state index in [1.807, 2.05) is 12.1 Å². The molecule has 0 bridgehead atoms. The minimum absolute atomic E-state index is 0. The fourth-order valence-corrected chi connectivity index (χ4v) is 0.841. The fraction of sp³-hybridized carbons (Fsp3) is 0.100. The van der Waals surface area contributed by atoms with E-state index in [9.17, 15) is 4.79 Å². The summed E-state index contributed by atoms with van der Waals surface area (Å²) in [6, 6.07) is 10.5. The van der Waals surface area contributed by atoms with Crippen molar-refractivity contribution >= 4 is 22.2 Å². The normalized spacial score (nSPS) is 7.36. The smallest absolute Gasteiger partial charge is 0.150 e. The van der Waals surface area contributed by atoms with Crippen LogP contribution in [0.1, 0.15) is 16.8 Å². The first-order valence-corrected chi connectivity index (χ1v) is 4.48. The molecule has 0 aliphatic carbocycles. The predicted molar refractivity (Wildman–Crippen MR) is 55.4 cm³/mol. The molecule has 70 valence electrons. The van der Waals surface area contributed by atoms with Gasteiger partial charge in [0.05, 0.1) is 12.1 Å². The van der Waals surface area contributed by atoms with E-state index in [1.54, 1.807) is 24.3 Å². The monoisotopic (exact) mass is 250 g/mol. The van der Waals surface area contributed by atoms with E-state index >= 15 is 0 Å². The van der Waals surface area contributed by atoms with Crippen LogP contribution in [0.5, 0.6) is 0 Å². The SMILES string of the molecule is N#CCC#N.O=Cc1ccc(Br)cc1. The highest BCUT2D eigenvalue weighted by Crippen LogP contribution is 2.08. The first-order chi connectivity index (χ1) is 6.74. The van der Waals surface area contributed by atoms with Crippen LogP contribution in [0.2, 0.25) is 0 Å². The lowest BCUT2D eigenvalue weighted by Gasteiger charge is -1.87. The van der Waals surface area contributed by atoms with Crippen LogP contribution in [0.25, 0.3) is 0 Å². The average molecular weight is 251 g/mol. The van der Waals surface area contributed by atoms with Gasteiger partial charge in [-0.15, -0.1) is 0 Å². The molecule has 0 atom stereocenters. The Kier molecular flexibility index (Phi) is 7.03. The van der Waals surface area contributed by atoms with Crippen LogP contribution in [-0.4, -0.2) is 6.29 Å². The maximum atomic E-state index is 10.1. The summed E-state index contributed by atoms with van der Waals surface area (Å²) in [5, 5.41) is 15.2. The summed E-state index contributed by atoms with van der Waals surface area (Å²) >= 11 is 3.26. The molecule has 0 aromatic heterocycles. The highest BCUT2D eigenvalue weighted by molar-refractivity contribution is 9.10. The molecule has 3 nitrogen and oxygen atoms in total. The minimum atomic E-state index is 0. The van der Waals surface area contributed by atoms with Gasteiger partial charge in [-0.25, -0.2) is 0 Å². The van der Waals surface area contributed by atoms with Gasteiger partial charge in [-0.05, 0) is 12.1 Å². The molecule has 1 rings (SSSR count). The topological polar surface area (TPSA) is 64.7 Å². The number of nitriles is 2. The second kappa shape index (κ2) is 7.97. The van der Waals surface area contributed by atoms with Gasteiger partial charge in [0.25, 0.3) is 0 Å². The van der Waals surface area contributed by atoms with E-state index in [0.717, 1.165) is 10.8 Å². The largest absolute Gasteiger partial charge is 0.298 e. The van der Waals surface area contributed by atoms with Crippen molar-refractivity contribution in [1.82, 2.24) is 0 Å². The molecule has 0 spiro atoms. The van der Waals surface area contributed by atoms with Crippen molar-refractivity contribution in [3.8, 4) is 12.1 Å². The van der Waals surface area contributed by atoms with Gasteiger partial charge in [0.1, 0.15) is 12.7 Å². The lowest BCUT2D eigenvalue weighted by Crippen LogP contribution is -1.75. The van der Waals surface area contributed by atoms with Gasteiger partial charge in [0.2, 0.25) is 0 Å². The van der Waals surface area contributed by atoms with Gasteiger partial charge in [-0.1, -0.05) is 28.1 Å². The van der Waals surface area contributed by atoms with E-state index in [0.29, 0.717) is 5.56 Å². The predicted octanol–water partition coefficient (Wildman–Crippen LogP) is 2.69. The molecule has 1 aromatic rings. The third kappa shape index (κ3) is 5.93. The molecule has 0 saturated carbocycles. The molecule has 0 aliphatic heterocycles. The van der Waals surface area contributed by atoms with Gasteiger partial charge < -0.3 is 0 Å². The Morgan fingerprint density at radius 2 is 1.71 bits per heavy atom. The first-order valence-electron chi connectivity index (χ1n) is 3.69. The molecule has 0 amide bonds. The van der Waals surface area contributed by atoms with E-state index in [-0.39, 0.29) is 6.42 Å². The van der Waals surface area contributed by atoms with Crippen molar-refractivity contribution < 1.29 is 4.79 Å². The molecular weight excluding hydrogens is 244 g/mol. The maximum absolute atomic E-state index is 10.1. The Morgan fingerprint density at radius 1 is 1.21 bits per heavy atom. The van der Waals surface area contributed by atoms with Crippen LogP contribution < -0.4 is 0 Å². The average Bonchev–Trinajstić information content (AvgIpc) is 2.21.